The van der Waals surface area contributed by atoms with E-state index in [4.69, 9.17) is 0 Å². The fraction of sp³-hybridized carbons (Fsp3) is 0.545. The smallest absolute Gasteiger partial charge is 0.321 e. The Morgan fingerprint density at radius 2 is 1.89 bits per heavy atom. The monoisotopic (exact) mass is 387 g/mol. The predicted octanol–water partition coefficient (Wildman–Crippen LogP) is 1.87. The lowest BCUT2D eigenvalue weighted by Gasteiger charge is -2.18. The van der Waals surface area contributed by atoms with Gasteiger partial charge in [-0.1, -0.05) is 23.8 Å². The van der Waals surface area contributed by atoms with Crippen molar-refractivity contribution in [3.05, 3.63) is 41.5 Å². The largest absolute Gasteiger partial charge is 0.378 e. The van der Waals surface area contributed by atoms with Crippen molar-refractivity contribution >= 4 is 17.6 Å². The molecule has 3 amide bonds. The van der Waals surface area contributed by atoms with Gasteiger partial charge in [-0.3, -0.25) is 10.1 Å². The van der Waals surface area contributed by atoms with E-state index in [2.05, 4.69) is 52.8 Å². The maximum absolute atomic E-state index is 12.2. The van der Waals surface area contributed by atoms with Gasteiger partial charge >= 0.3 is 6.03 Å². The van der Waals surface area contributed by atoms with Crippen molar-refractivity contribution in [1.82, 2.24) is 10.6 Å². The van der Waals surface area contributed by atoms with Crippen LogP contribution in [0.25, 0.3) is 0 Å². The number of nitrogens with zero attached hydrogens (tertiary/aromatic N) is 1. The van der Waals surface area contributed by atoms with Crippen molar-refractivity contribution in [2.75, 3.05) is 38.6 Å². The Hall–Kier alpha value is -2.34. The van der Waals surface area contributed by atoms with E-state index in [0.717, 1.165) is 42.9 Å². The van der Waals surface area contributed by atoms with E-state index in [0.29, 0.717) is 6.54 Å². The van der Waals surface area contributed by atoms with Gasteiger partial charge in [0.05, 0.1) is 6.54 Å². The molecule has 28 heavy (non-hydrogen) atoms. The molecule has 1 aromatic carbocycles. The minimum absolute atomic E-state index is 0.240. The molecule has 3 N–H and O–H groups in total. The first-order chi connectivity index (χ1) is 13.5. The molecule has 2 rings (SSSR count). The first-order valence-corrected chi connectivity index (χ1v) is 10.3. The van der Waals surface area contributed by atoms with Gasteiger partial charge in [-0.2, -0.15) is 0 Å². The zero-order chi connectivity index (χ0) is 20.4. The number of allylic oxidation sites excluding steroid dienone is 1. The summed E-state index contributed by atoms with van der Waals surface area (Å²) in [4.78, 5) is 27.3. The number of imide groups is 1. The zero-order valence-electron chi connectivity index (χ0n) is 17.5. The number of quaternary nitrogens is 1. The molecule has 0 aliphatic heterocycles. The lowest BCUT2D eigenvalue weighted by atomic mass is 9.97. The molecule has 0 fully saturated rings. The molecule has 6 nitrogen and oxygen atoms in total. The summed E-state index contributed by atoms with van der Waals surface area (Å²) in [5.41, 5.74) is 3.75. The summed E-state index contributed by atoms with van der Waals surface area (Å²) in [6, 6.07) is 7.95. The van der Waals surface area contributed by atoms with Crippen LogP contribution >= 0.6 is 0 Å². The van der Waals surface area contributed by atoms with Gasteiger partial charge in [0.2, 0.25) is 0 Å². The molecule has 154 valence electrons. The number of anilines is 1. The van der Waals surface area contributed by atoms with Gasteiger partial charge < -0.3 is 15.1 Å². The topological polar surface area (TPSA) is 65.9 Å². The number of amides is 3. The van der Waals surface area contributed by atoms with Gasteiger partial charge in [0, 0.05) is 31.9 Å². The van der Waals surface area contributed by atoms with Gasteiger partial charge in [-0.25, -0.2) is 4.79 Å². The highest BCUT2D eigenvalue weighted by atomic mass is 16.2. The van der Waals surface area contributed by atoms with Crippen LogP contribution in [0.5, 0.6) is 0 Å². The molecule has 1 aromatic rings. The summed E-state index contributed by atoms with van der Waals surface area (Å²) < 4.78 is 0. The summed E-state index contributed by atoms with van der Waals surface area (Å²) >= 11 is 0. The van der Waals surface area contributed by atoms with Crippen LogP contribution in [0, 0.1) is 0 Å². The SMILES string of the molecule is CC[NH+](CC(=O)NC(=O)NCCC1=CCCCC1)Cc1ccc(N(C)C)cc1. The van der Waals surface area contributed by atoms with E-state index in [9.17, 15) is 9.59 Å². The third kappa shape index (κ3) is 7.72. The van der Waals surface area contributed by atoms with Crippen LogP contribution in [0.3, 0.4) is 0 Å². The van der Waals surface area contributed by atoms with E-state index >= 15 is 0 Å². The number of benzene rings is 1. The Balaban J connectivity index is 1.71. The van der Waals surface area contributed by atoms with Crippen LogP contribution in [-0.2, 0) is 11.3 Å². The number of hydrogen-bond acceptors (Lipinski definition) is 3. The first-order valence-electron chi connectivity index (χ1n) is 10.3. The van der Waals surface area contributed by atoms with Crippen LogP contribution in [0.1, 0.15) is 44.6 Å². The summed E-state index contributed by atoms with van der Waals surface area (Å²) in [6.07, 6.45) is 7.94. The normalized spacial score (nSPS) is 14.8. The second kappa shape index (κ2) is 11.5. The number of likely N-dealkylation sites (N-methyl/N-ethyl adjacent to an activating group) is 1. The molecule has 1 aliphatic carbocycles. The third-order valence-corrected chi connectivity index (χ3v) is 5.19. The predicted molar refractivity (Wildman–Crippen MR) is 114 cm³/mol. The Morgan fingerprint density at radius 3 is 2.50 bits per heavy atom. The molecule has 0 bridgehead atoms. The molecule has 0 spiro atoms. The minimum atomic E-state index is -0.396. The maximum atomic E-state index is 12.2. The van der Waals surface area contributed by atoms with Gasteiger partial charge in [-0.15, -0.1) is 0 Å². The molecule has 1 aliphatic rings. The standard InChI is InChI=1S/C22H34N4O2/c1-4-26(16-19-10-12-20(13-11-19)25(2)3)17-21(27)24-22(28)23-15-14-18-8-6-5-7-9-18/h8,10-13H,4-7,9,14-17H2,1-3H3,(H2,23,24,27,28)/p+1. The third-order valence-electron chi connectivity index (χ3n) is 5.19. The molecule has 6 heteroatoms. The zero-order valence-corrected chi connectivity index (χ0v) is 17.5. The van der Waals surface area contributed by atoms with Crippen molar-refractivity contribution in [1.29, 1.82) is 0 Å². The van der Waals surface area contributed by atoms with Gasteiger partial charge in [0.1, 0.15) is 6.54 Å². The molecule has 0 saturated carbocycles. The van der Waals surface area contributed by atoms with Gasteiger partial charge in [0.15, 0.2) is 6.54 Å². The second-order valence-electron chi connectivity index (χ2n) is 7.68. The first kappa shape index (κ1) is 22.0. The number of rotatable bonds is 9. The quantitative estimate of drug-likeness (QED) is 0.567. The van der Waals surface area contributed by atoms with Crippen LogP contribution in [0.4, 0.5) is 10.5 Å². The molecular weight excluding hydrogens is 352 g/mol. The molecule has 0 saturated heterocycles. The van der Waals surface area contributed by atoms with Crippen LogP contribution in [0.15, 0.2) is 35.9 Å². The number of hydrogen-bond donors (Lipinski definition) is 3. The molecule has 0 radical (unpaired) electrons. The van der Waals surface area contributed by atoms with Gasteiger partial charge in [0.25, 0.3) is 5.91 Å². The summed E-state index contributed by atoms with van der Waals surface area (Å²) in [6.45, 7) is 4.48. The minimum Gasteiger partial charge on any atom is -0.378 e. The second-order valence-corrected chi connectivity index (χ2v) is 7.68. The van der Waals surface area contributed by atoms with E-state index in [-0.39, 0.29) is 12.5 Å². The van der Waals surface area contributed by atoms with E-state index in [1.54, 1.807) is 0 Å². The van der Waals surface area contributed by atoms with Crippen molar-refractivity contribution in [2.45, 2.75) is 45.6 Å². The fourth-order valence-corrected chi connectivity index (χ4v) is 3.42. The van der Waals surface area contributed by atoms with E-state index in [1.165, 1.54) is 24.0 Å². The fourth-order valence-electron chi connectivity index (χ4n) is 3.42. The number of carbonyl (C=O) groups is 2. The van der Waals surface area contributed by atoms with Crippen molar-refractivity contribution in [3.63, 3.8) is 0 Å². The van der Waals surface area contributed by atoms with E-state index in [1.807, 2.05) is 14.1 Å². The van der Waals surface area contributed by atoms with Crippen LogP contribution < -0.4 is 20.4 Å². The Bertz CT molecular complexity index is 668. The average Bonchev–Trinajstić information content (AvgIpc) is 2.68. The van der Waals surface area contributed by atoms with Gasteiger partial charge in [-0.05, 0) is 51.2 Å². The molecular formula is C22H35N4O2+. The Labute approximate surface area is 169 Å². The summed E-state index contributed by atoms with van der Waals surface area (Å²) in [5, 5.41) is 5.25. The number of carbonyl (C=O) groups excluding carboxylic acids is 2. The maximum Gasteiger partial charge on any atom is 0.321 e. The number of urea groups is 1. The Morgan fingerprint density at radius 1 is 1.14 bits per heavy atom. The summed E-state index contributed by atoms with van der Waals surface area (Å²) in [5.74, 6) is -0.240. The Kier molecular flexibility index (Phi) is 9.01. The van der Waals surface area contributed by atoms with E-state index < -0.39 is 6.03 Å². The average molecular weight is 388 g/mol. The van der Waals surface area contributed by atoms with Crippen LogP contribution in [0.2, 0.25) is 0 Å². The van der Waals surface area contributed by atoms with Crippen molar-refractivity contribution in [2.24, 2.45) is 0 Å². The van der Waals surface area contributed by atoms with Crippen molar-refractivity contribution < 1.29 is 14.5 Å². The van der Waals surface area contributed by atoms with Crippen molar-refractivity contribution in [3.8, 4) is 0 Å². The molecule has 1 atom stereocenters. The summed E-state index contributed by atoms with van der Waals surface area (Å²) in [7, 11) is 4.03. The highest BCUT2D eigenvalue weighted by Crippen LogP contribution is 2.19. The lowest BCUT2D eigenvalue weighted by molar-refractivity contribution is -0.904. The molecule has 1 unspecified atom stereocenters. The highest BCUT2D eigenvalue weighted by molar-refractivity contribution is 5.94. The molecule has 0 aromatic heterocycles. The lowest BCUT2D eigenvalue weighted by Crippen LogP contribution is -3.11. The highest BCUT2D eigenvalue weighted by Gasteiger charge is 2.15. The molecule has 0 heterocycles. The van der Waals surface area contributed by atoms with Crippen LogP contribution in [-0.4, -0.2) is 45.7 Å². The number of nitrogens with one attached hydrogen (secondary N) is 3.